The lowest BCUT2D eigenvalue weighted by Crippen LogP contribution is -2.27. The SMILES string of the molecule is CCn1ccc(CN(C)C(=O)c2ccn(COc3ccc(Cl)cc3Cl)n2)n1. The van der Waals surface area contributed by atoms with Gasteiger partial charge in [0.1, 0.15) is 5.75 Å². The molecule has 1 aromatic carbocycles. The molecule has 2 heterocycles. The molecule has 3 aromatic rings. The third kappa shape index (κ3) is 4.81. The Kier molecular flexibility index (Phi) is 6.03. The first-order valence-electron chi connectivity index (χ1n) is 8.35. The van der Waals surface area contributed by atoms with Crippen molar-refractivity contribution >= 4 is 29.1 Å². The van der Waals surface area contributed by atoms with Crippen molar-refractivity contribution in [1.82, 2.24) is 24.5 Å². The van der Waals surface area contributed by atoms with E-state index >= 15 is 0 Å². The van der Waals surface area contributed by atoms with Crippen LogP contribution in [0.3, 0.4) is 0 Å². The number of carbonyl (C=O) groups is 1. The number of nitrogens with zero attached hydrogens (tertiary/aromatic N) is 5. The molecule has 0 bridgehead atoms. The van der Waals surface area contributed by atoms with Gasteiger partial charge in [0.2, 0.25) is 0 Å². The minimum Gasteiger partial charge on any atom is -0.470 e. The third-order valence-electron chi connectivity index (χ3n) is 3.87. The van der Waals surface area contributed by atoms with Crippen molar-refractivity contribution in [3.8, 4) is 5.75 Å². The summed E-state index contributed by atoms with van der Waals surface area (Å²) in [5, 5.41) is 9.59. The van der Waals surface area contributed by atoms with Crippen molar-refractivity contribution in [2.45, 2.75) is 26.7 Å². The Bertz CT molecular complexity index is 937. The lowest BCUT2D eigenvalue weighted by Gasteiger charge is -2.14. The van der Waals surface area contributed by atoms with Crippen molar-refractivity contribution in [2.75, 3.05) is 7.05 Å². The first kappa shape index (κ1) is 19.3. The lowest BCUT2D eigenvalue weighted by molar-refractivity contribution is 0.0775. The van der Waals surface area contributed by atoms with Gasteiger partial charge in [-0.3, -0.25) is 9.48 Å². The second-order valence-electron chi connectivity index (χ2n) is 5.91. The first-order valence-corrected chi connectivity index (χ1v) is 9.11. The van der Waals surface area contributed by atoms with Gasteiger partial charge in [-0.25, -0.2) is 4.68 Å². The molecule has 0 aliphatic heterocycles. The molecular formula is C18H19Cl2N5O2. The fourth-order valence-corrected chi connectivity index (χ4v) is 2.91. The number of benzene rings is 1. The summed E-state index contributed by atoms with van der Waals surface area (Å²) < 4.78 is 8.96. The van der Waals surface area contributed by atoms with E-state index in [-0.39, 0.29) is 12.6 Å². The molecule has 1 amide bonds. The number of aromatic nitrogens is 4. The number of halogens is 2. The van der Waals surface area contributed by atoms with Gasteiger partial charge in [-0.15, -0.1) is 0 Å². The molecule has 0 fully saturated rings. The highest BCUT2D eigenvalue weighted by Crippen LogP contribution is 2.27. The maximum Gasteiger partial charge on any atom is 0.274 e. The van der Waals surface area contributed by atoms with Crippen LogP contribution in [0.15, 0.2) is 42.7 Å². The Morgan fingerprint density at radius 3 is 2.63 bits per heavy atom. The Hall–Kier alpha value is -2.51. The number of hydrogen-bond acceptors (Lipinski definition) is 4. The predicted octanol–water partition coefficient (Wildman–Crippen LogP) is 3.72. The fourth-order valence-electron chi connectivity index (χ4n) is 2.45. The molecule has 9 heteroatoms. The van der Waals surface area contributed by atoms with Crippen LogP contribution >= 0.6 is 23.2 Å². The van der Waals surface area contributed by atoms with E-state index in [1.165, 1.54) is 4.68 Å². The normalized spacial score (nSPS) is 10.8. The molecule has 0 aliphatic carbocycles. The molecule has 2 aromatic heterocycles. The summed E-state index contributed by atoms with van der Waals surface area (Å²) in [6, 6.07) is 8.52. The minimum atomic E-state index is -0.190. The molecule has 0 saturated heterocycles. The summed E-state index contributed by atoms with van der Waals surface area (Å²) in [7, 11) is 1.72. The average molecular weight is 408 g/mol. The largest absolute Gasteiger partial charge is 0.470 e. The molecule has 142 valence electrons. The monoisotopic (exact) mass is 407 g/mol. The summed E-state index contributed by atoms with van der Waals surface area (Å²) in [5.41, 5.74) is 1.16. The topological polar surface area (TPSA) is 65.2 Å². The Morgan fingerprint density at radius 2 is 1.93 bits per heavy atom. The molecule has 3 rings (SSSR count). The summed E-state index contributed by atoms with van der Waals surface area (Å²) in [6.07, 6.45) is 3.57. The standard InChI is InChI=1S/C18H19Cl2N5O2/c1-3-24-8-6-14(21-24)11-23(2)18(26)16-7-9-25(22-16)12-27-17-5-4-13(19)10-15(17)20/h4-10H,3,11-12H2,1-2H3. The van der Waals surface area contributed by atoms with Crippen molar-refractivity contribution < 1.29 is 9.53 Å². The van der Waals surface area contributed by atoms with E-state index in [2.05, 4.69) is 10.2 Å². The van der Waals surface area contributed by atoms with Crippen molar-refractivity contribution in [3.63, 3.8) is 0 Å². The van der Waals surface area contributed by atoms with E-state index in [0.29, 0.717) is 28.0 Å². The van der Waals surface area contributed by atoms with Crippen molar-refractivity contribution in [2.24, 2.45) is 0 Å². The highest BCUT2D eigenvalue weighted by atomic mass is 35.5. The molecule has 0 spiro atoms. The van der Waals surface area contributed by atoms with Gasteiger partial charge in [0.05, 0.1) is 17.3 Å². The van der Waals surface area contributed by atoms with Gasteiger partial charge in [0, 0.05) is 31.0 Å². The van der Waals surface area contributed by atoms with Gasteiger partial charge in [-0.2, -0.15) is 10.2 Å². The van der Waals surface area contributed by atoms with Crippen molar-refractivity contribution in [3.05, 3.63) is 64.2 Å². The zero-order valence-electron chi connectivity index (χ0n) is 15.0. The van der Waals surface area contributed by atoms with Crippen LogP contribution < -0.4 is 4.74 Å². The second-order valence-corrected chi connectivity index (χ2v) is 6.76. The molecule has 0 radical (unpaired) electrons. The van der Waals surface area contributed by atoms with Crippen LogP contribution in [-0.4, -0.2) is 37.4 Å². The van der Waals surface area contributed by atoms with Gasteiger partial charge >= 0.3 is 0 Å². The van der Waals surface area contributed by atoms with Crippen LogP contribution in [0.2, 0.25) is 10.0 Å². The molecule has 7 nitrogen and oxygen atoms in total. The maximum absolute atomic E-state index is 12.5. The average Bonchev–Trinajstić information content (AvgIpc) is 3.29. The number of ether oxygens (including phenoxy) is 1. The Balaban J connectivity index is 1.59. The number of hydrogen-bond donors (Lipinski definition) is 0. The fraction of sp³-hybridized carbons (Fsp3) is 0.278. The first-order chi connectivity index (χ1) is 13.0. The smallest absolute Gasteiger partial charge is 0.274 e. The van der Waals surface area contributed by atoms with Crippen molar-refractivity contribution in [1.29, 1.82) is 0 Å². The van der Waals surface area contributed by atoms with Crippen LogP contribution in [0.4, 0.5) is 0 Å². The van der Waals surface area contributed by atoms with Crippen LogP contribution in [0, 0.1) is 0 Å². The predicted molar refractivity (Wildman–Crippen MR) is 103 cm³/mol. The molecular weight excluding hydrogens is 389 g/mol. The van der Waals surface area contributed by atoms with Crippen LogP contribution in [0.5, 0.6) is 5.75 Å². The summed E-state index contributed by atoms with van der Waals surface area (Å²) >= 11 is 11.9. The van der Waals surface area contributed by atoms with Crippen LogP contribution in [-0.2, 0) is 19.8 Å². The number of amides is 1. The molecule has 0 saturated carbocycles. The lowest BCUT2D eigenvalue weighted by atomic mass is 10.3. The minimum absolute atomic E-state index is 0.124. The van der Waals surface area contributed by atoms with E-state index < -0.39 is 0 Å². The van der Waals surface area contributed by atoms with Gasteiger partial charge in [0.25, 0.3) is 5.91 Å². The van der Waals surface area contributed by atoms with Gasteiger partial charge in [-0.1, -0.05) is 23.2 Å². The highest BCUT2D eigenvalue weighted by molar-refractivity contribution is 6.35. The molecule has 27 heavy (non-hydrogen) atoms. The van der Waals surface area contributed by atoms with E-state index in [1.807, 2.05) is 23.9 Å². The van der Waals surface area contributed by atoms with Crippen LogP contribution in [0.1, 0.15) is 23.1 Å². The van der Waals surface area contributed by atoms with E-state index in [0.717, 1.165) is 12.2 Å². The highest BCUT2D eigenvalue weighted by Gasteiger charge is 2.16. The Morgan fingerprint density at radius 1 is 1.15 bits per heavy atom. The summed E-state index contributed by atoms with van der Waals surface area (Å²) in [4.78, 5) is 14.1. The van der Waals surface area contributed by atoms with Gasteiger partial charge in [-0.05, 0) is 37.3 Å². The van der Waals surface area contributed by atoms with E-state index in [1.54, 1.807) is 42.4 Å². The Labute approximate surface area is 167 Å². The maximum atomic E-state index is 12.5. The molecule has 0 N–H and O–H groups in total. The van der Waals surface area contributed by atoms with Gasteiger partial charge in [0.15, 0.2) is 12.4 Å². The second kappa shape index (κ2) is 8.45. The summed E-state index contributed by atoms with van der Waals surface area (Å²) in [5.74, 6) is 0.303. The summed E-state index contributed by atoms with van der Waals surface area (Å²) in [6.45, 7) is 3.34. The van der Waals surface area contributed by atoms with Crippen LogP contribution in [0.25, 0.3) is 0 Å². The zero-order valence-corrected chi connectivity index (χ0v) is 16.5. The quantitative estimate of drug-likeness (QED) is 0.598. The van der Waals surface area contributed by atoms with E-state index in [4.69, 9.17) is 27.9 Å². The number of rotatable bonds is 7. The zero-order chi connectivity index (χ0) is 19.4. The molecule has 0 aliphatic rings. The molecule has 0 atom stereocenters. The van der Waals surface area contributed by atoms with E-state index in [9.17, 15) is 4.79 Å². The third-order valence-corrected chi connectivity index (χ3v) is 4.40. The molecule has 0 unspecified atom stereocenters. The van der Waals surface area contributed by atoms with Gasteiger partial charge < -0.3 is 9.64 Å². The number of carbonyl (C=O) groups excluding carboxylic acids is 1. The number of aryl methyl sites for hydroxylation is 1.